The van der Waals surface area contributed by atoms with E-state index >= 15 is 0 Å². The van der Waals surface area contributed by atoms with E-state index in [9.17, 15) is 4.79 Å². The molecule has 0 aromatic carbocycles. The van der Waals surface area contributed by atoms with Crippen molar-refractivity contribution in [3.05, 3.63) is 23.3 Å². The molecule has 0 bridgehead atoms. The topological polar surface area (TPSA) is 72.2 Å². The van der Waals surface area contributed by atoms with Gasteiger partial charge in [-0.3, -0.25) is 9.20 Å². The molecule has 0 saturated heterocycles. The molecule has 2 rings (SSSR count). The van der Waals surface area contributed by atoms with Crippen LogP contribution in [-0.2, 0) is 11.3 Å². The Kier molecular flexibility index (Phi) is 3.26. The Hall–Kier alpha value is -1.98. The van der Waals surface area contributed by atoms with E-state index in [1.165, 1.54) is 0 Å². The molecule has 6 nitrogen and oxygen atoms in total. The molecule has 1 amide bonds. The Morgan fingerprint density at radius 2 is 2.00 bits per heavy atom. The highest BCUT2D eigenvalue weighted by atomic mass is 16.2. The number of hydrogen-bond acceptors (Lipinski definition) is 4. The van der Waals surface area contributed by atoms with E-state index in [4.69, 9.17) is 0 Å². The molecule has 0 saturated carbocycles. The quantitative estimate of drug-likeness (QED) is 0.887. The molecule has 0 spiro atoms. The maximum atomic E-state index is 11.9. The average molecular weight is 261 g/mol. The summed E-state index contributed by atoms with van der Waals surface area (Å²) in [6.07, 6.45) is 0. The standard InChI is InChI=1S/C13H19N5O/c1-8-6-9(2)18-10(16-17-12(18)15-8)7-14-11(19)13(3,4)5/h6H,7H2,1-5H3,(H,14,19). The first-order valence-electron chi connectivity index (χ1n) is 6.25. The lowest BCUT2D eigenvalue weighted by atomic mass is 9.96. The molecule has 1 N–H and O–H groups in total. The molecule has 2 aromatic rings. The molecule has 2 aromatic heterocycles. The maximum absolute atomic E-state index is 11.9. The van der Waals surface area contributed by atoms with Gasteiger partial charge in [0.25, 0.3) is 5.78 Å². The van der Waals surface area contributed by atoms with E-state index in [0.717, 1.165) is 11.4 Å². The number of nitrogens with one attached hydrogen (secondary N) is 1. The first kappa shape index (κ1) is 13.5. The van der Waals surface area contributed by atoms with Crippen LogP contribution in [0.2, 0.25) is 0 Å². The van der Waals surface area contributed by atoms with Crippen LogP contribution in [0.5, 0.6) is 0 Å². The highest BCUT2D eigenvalue weighted by molar-refractivity contribution is 5.81. The smallest absolute Gasteiger partial charge is 0.255 e. The van der Waals surface area contributed by atoms with Crippen molar-refractivity contribution in [2.75, 3.05) is 0 Å². The fourth-order valence-electron chi connectivity index (χ4n) is 1.84. The molecule has 0 radical (unpaired) electrons. The van der Waals surface area contributed by atoms with Crippen molar-refractivity contribution < 1.29 is 4.79 Å². The van der Waals surface area contributed by atoms with E-state index < -0.39 is 5.41 Å². The van der Waals surface area contributed by atoms with Gasteiger partial charge in [0, 0.05) is 16.8 Å². The summed E-state index contributed by atoms with van der Waals surface area (Å²) in [5, 5.41) is 11.0. The predicted molar refractivity (Wildman–Crippen MR) is 71.6 cm³/mol. The largest absolute Gasteiger partial charge is 0.348 e. The molecular weight excluding hydrogens is 242 g/mol. The third-order valence-electron chi connectivity index (χ3n) is 2.85. The zero-order valence-corrected chi connectivity index (χ0v) is 12.0. The molecule has 0 unspecified atom stereocenters. The summed E-state index contributed by atoms with van der Waals surface area (Å²) < 4.78 is 1.86. The van der Waals surface area contributed by atoms with Crippen LogP contribution < -0.4 is 5.32 Å². The minimum absolute atomic E-state index is 0.0121. The van der Waals surface area contributed by atoms with Gasteiger partial charge in [0.2, 0.25) is 5.91 Å². The Morgan fingerprint density at radius 3 is 2.63 bits per heavy atom. The second-order valence-electron chi connectivity index (χ2n) is 5.72. The Morgan fingerprint density at radius 1 is 1.32 bits per heavy atom. The van der Waals surface area contributed by atoms with Gasteiger partial charge < -0.3 is 5.32 Å². The predicted octanol–water partition coefficient (Wildman–Crippen LogP) is 1.40. The average Bonchev–Trinajstić information content (AvgIpc) is 2.67. The van der Waals surface area contributed by atoms with E-state index in [0.29, 0.717) is 18.1 Å². The number of aryl methyl sites for hydroxylation is 2. The van der Waals surface area contributed by atoms with Gasteiger partial charge in [0.05, 0.1) is 6.54 Å². The minimum Gasteiger partial charge on any atom is -0.348 e. The number of amides is 1. The minimum atomic E-state index is -0.412. The van der Waals surface area contributed by atoms with Gasteiger partial charge >= 0.3 is 0 Å². The fourth-order valence-corrected chi connectivity index (χ4v) is 1.84. The zero-order chi connectivity index (χ0) is 14.2. The lowest BCUT2D eigenvalue weighted by Crippen LogP contribution is -2.34. The number of carbonyl (C=O) groups excluding carboxylic acids is 1. The molecule has 19 heavy (non-hydrogen) atoms. The maximum Gasteiger partial charge on any atom is 0.255 e. The lowest BCUT2D eigenvalue weighted by Gasteiger charge is -2.17. The normalized spacial score (nSPS) is 11.8. The summed E-state index contributed by atoms with van der Waals surface area (Å²) in [6.45, 7) is 9.87. The summed E-state index contributed by atoms with van der Waals surface area (Å²) in [4.78, 5) is 16.2. The third-order valence-corrected chi connectivity index (χ3v) is 2.85. The third kappa shape index (κ3) is 2.72. The van der Waals surface area contributed by atoms with Crippen molar-refractivity contribution in [1.29, 1.82) is 0 Å². The van der Waals surface area contributed by atoms with Crippen molar-refractivity contribution in [2.24, 2.45) is 5.41 Å². The number of hydrogen-bond donors (Lipinski definition) is 1. The first-order chi connectivity index (χ1) is 8.79. The van der Waals surface area contributed by atoms with Crippen LogP contribution in [0.3, 0.4) is 0 Å². The van der Waals surface area contributed by atoms with Crippen molar-refractivity contribution in [2.45, 2.75) is 41.2 Å². The van der Waals surface area contributed by atoms with Crippen molar-refractivity contribution in [3.63, 3.8) is 0 Å². The summed E-state index contributed by atoms with van der Waals surface area (Å²) in [5.74, 6) is 1.25. The molecule has 0 aliphatic carbocycles. The van der Waals surface area contributed by atoms with Gasteiger partial charge in [-0.15, -0.1) is 10.2 Å². The second kappa shape index (κ2) is 4.60. The molecule has 0 aliphatic heterocycles. The summed E-state index contributed by atoms with van der Waals surface area (Å²) in [6, 6.07) is 1.96. The molecule has 102 valence electrons. The fraction of sp³-hybridized carbons (Fsp3) is 0.538. The number of nitrogens with zero attached hydrogens (tertiary/aromatic N) is 4. The molecule has 6 heteroatoms. The van der Waals surface area contributed by atoms with Gasteiger partial charge in [-0.2, -0.15) is 0 Å². The van der Waals surface area contributed by atoms with E-state index in [1.807, 2.05) is 45.1 Å². The number of aromatic nitrogens is 4. The van der Waals surface area contributed by atoms with Crippen LogP contribution in [0, 0.1) is 19.3 Å². The molecule has 0 fully saturated rings. The number of rotatable bonds is 2. The second-order valence-corrected chi connectivity index (χ2v) is 5.72. The molecule has 0 atom stereocenters. The van der Waals surface area contributed by atoms with Crippen molar-refractivity contribution in [1.82, 2.24) is 24.9 Å². The summed E-state index contributed by atoms with van der Waals surface area (Å²) in [5.41, 5.74) is 1.50. The van der Waals surface area contributed by atoms with Gasteiger partial charge in [-0.05, 0) is 19.9 Å². The van der Waals surface area contributed by atoms with E-state index in [1.54, 1.807) is 0 Å². The van der Waals surface area contributed by atoms with Crippen LogP contribution in [0.1, 0.15) is 38.0 Å². The van der Waals surface area contributed by atoms with Gasteiger partial charge in [0.15, 0.2) is 5.82 Å². The van der Waals surface area contributed by atoms with Crippen LogP contribution in [-0.4, -0.2) is 25.5 Å². The van der Waals surface area contributed by atoms with Crippen LogP contribution in [0.25, 0.3) is 5.78 Å². The summed E-state index contributed by atoms with van der Waals surface area (Å²) >= 11 is 0. The van der Waals surface area contributed by atoms with Crippen LogP contribution in [0.15, 0.2) is 6.07 Å². The number of carbonyl (C=O) groups is 1. The van der Waals surface area contributed by atoms with Crippen LogP contribution >= 0.6 is 0 Å². The Bertz CT molecular complexity index is 624. The first-order valence-corrected chi connectivity index (χ1v) is 6.25. The Balaban J connectivity index is 2.25. The van der Waals surface area contributed by atoms with E-state index in [-0.39, 0.29) is 5.91 Å². The van der Waals surface area contributed by atoms with E-state index in [2.05, 4.69) is 20.5 Å². The Labute approximate surface area is 112 Å². The van der Waals surface area contributed by atoms with Crippen molar-refractivity contribution >= 4 is 11.7 Å². The SMILES string of the molecule is Cc1cc(C)n2c(CNC(=O)C(C)(C)C)nnc2n1. The lowest BCUT2D eigenvalue weighted by molar-refractivity contribution is -0.128. The van der Waals surface area contributed by atoms with Crippen molar-refractivity contribution in [3.8, 4) is 0 Å². The summed E-state index contributed by atoms with van der Waals surface area (Å²) in [7, 11) is 0. The zero-order valence-electron chi connectivity index (χ0n) is 12.0. The van der Waals surface area contributed by atoms with Gasteiger partial charge in [-0.1, -0.05) is 20.8 Å². The monoisotopic (exact) mass is 261 g/mol. The van der Waals surface area contributed by atoms with Gasteiger partial charge in [0.1, 0.15) is 0 Å². The number of fused-ring (bicyclic) bond motifs is 1. The highest BCUT2D eigenvalue weighted by Gasteiger charge is 2.21. The molecule has 2 heterocycles. The van der Waals surface area contributed by atoms with Crippen LogP contribution in [0.4, 0.5) is 0 Å². The highest BCUT2D eigenvalue weighted by Crippen LogP contribution is 2.13. The molecular formula is C13H19N5O. The van der Waals surface area contributed by atoms with Gasteiger partial charge in [-0.25, -0.2) is 4.98 Å². The molecule has 0 aliphatic rings.